The summed E-state index contributed by atoms with van der Waals surface area (Å²) in [5.41, 5.74) is 0. The Balaban J connectivity index is 4.96. The molecular weight excluding hydrogens is 220 g/mol. The Morgan fingerprint density at radius 1 is 0.625 bits per heavy atom. The van der Waals surface area contributed by atoms with Gasteiger partial charge in [0.2, 0.25) is 0 Å². The van der Waals surface area contributed by atoms with E-state index in [1.54, 1.807) is 0 Å². The van der Waals surface area contributed by atoms with Crippen molar-refractivity contribution >= 4 is 11.2 Å². The average molecular weight is 248 g/mol. The van der Waals surface area contributed by atoms with Gasteiger partial charge in [0.1, 0.15) is 0 Å². The Kier molecular flexibility index (Phi) is 6.75. The van der Waals surface area contributed by atoms with Crippen molar-refractivity contribution in [3.63, 3.8) is 0 Å². The third kappa shape index (κ3) is 4.15. The number of hydrogen-bond acceptors (Lipinski definition) is 1. The number of hydrogen-bond donors (Lipinski definition) is 0. The maximum Gasteiger partial charge on any atom is 0.173 e. The summed E-state index contributed by atoms with van der Waals surface area (Å²) >= 11 is -1.05. The SMILES string of the molecule is CC(C)N(C(C)C)S(=O)N(C(C)C)C(C)C. The predicted octanol–water partition coefficient (Wildman–Crippen LogP) is 2.80. The Morgan fingerprint density at radius 2 is 0.812 bits per heavy atom. The van der Waals surface area contributed by atoms with Gasteiger partial charge in [0.05, 0.1) is 0 Å². The van der Waals surface area contributed by atoms with Gasteiger partial charge in [0.25, 0.3) is 0 Å². The molecule has 3 nitrogen and oxygen atoms in total. The van der Waals surface area contributed by atoms with Gasteiger partial charge >= 0.3 is 0 Å². The summed E-state index contributed by atoms with van der Waals surface area (Å²) in [7, 11) is 0. The maximum atomic E-state index is 12.6. The highest BCUT2D eigenvalue weighted by Gasteiger charge is 2.29. The molecule has 98 valence electrons. The normalized spacial score (nSPS) is 13.4. The van der Waals surface area contributed by atoms with E-state index in [1.807, 2.05) is 0 Å². The lowest BCUT2D eigenvalue weighted by atomic mass is 10.3. The second-order valence-corrected chi connectivity index (χ2v) is 6.63. The summed E-state index contributed by atoms with van der Waals surface area (Å²) in [6.45, 7) is 16.8. The first-order valence-electron chi connectivity index (χ1n) is 6.18. The van der Waals surface area contributed by atoms with Crippen molar-refractivity contribution < 1.29 is 4.21 Å². The van der Waals surface area contributed by atoms with E-state index in [-0.39, 0.29) is 0 Å². The van der Waals surface area contributed by atoms with Crippen LogP contribution in [0, 0.1) is 0 Å². The monoisotopic (exact) mass is 248 g/mol. The summed E-state index contributed by atoms with van der Waals surface area (Å²) in [6.07, 6.45) is 0. The molecule has 0 saturated carbocycles. The van der Waals surface area contributed by atoms with Crippen molar-refractivity contribution in [2.75, 3.05) is 0 Å². The molecule has 4 heteroatoms. The van der Waals surface area contributed by atoms with Crippen molar-refractivity contribution in [1.29, 1.82) is 0 Å². The zero-order chi connectivity index (χ0) is 13.0. The highest BCUT2D eigenvalue weighted by Crippen LogP contribution is 2.17. The minimum absolute atomic E-state index is 0.292. The molecule has 0 bridgehead atoms. The van der Waals surface area contributed by atoms with E-state index in [0.717, 1.165) is 0 Å². The van der Waals surface area contributed by atoms with Crippen LogP contribution in [-0.2, 0) is 11.2 Å². The maximum absolute atomic E-state index is 12.6. The zero-order valence-corrected chi connectivity index (χ0v) is 12.8. The van der Waals surface area contributed by atoms with Crippen LogP contribution in [0.4, 0.5) is 0 Å². The second-order valence-electron chi connectivity index (χ2n) is 5.33. The van der Waals surface area contributed by atoms with Gasteiger partial charge in [-0.1, -0.05) is 0 Å². The molecule has 0 fully saturated rings. The summed E-state index contributed by atoms with van der Waals surface area (Å²) in [5, 5.41) is 0. The molecule has 0 rings (SSSR count). The van der Waals surface area contributed by atoms with E-state index in [0.29, 0.717) is 24.2 Å². The zero-order valence-electron chi connectivity index (χ0n) is 12.0. The molecule has 0 aromatic heterocycles. The molecule has 0 atom stereocenters. The minimum Gasteiger partial charge on any atom is -0.225 e. The van der Waals surface area contributed by atoms with E-state index in [2.05, 4.69) is 64.0 Å². The largest absolute Gasteiger partial charge is 0.225 e. The third-order valence-corrected chi connectivity index (χ3v) is 4.80. The first kappa shape index (κ1) is 16.1. The topological polar surface area (TPSA) is 23.6 Å². The Labute approximate surface area is 104 Å². The van der Waals surface area contributed by atoms with Crippen molar-refractivity contribution in [2.24, 2.45) is 0 Å². The van der Waals surface area contributed by atoms with Crippen molar-refractivity contribution in [3.8, 4) is 0 Å². The van der Waals surface area contributed by atoms with Gasteiger partial charge in [-0.3, -0.25) is 0 Å². The lowest BCUT2D eigenvalue weighted by Crippen LogP contribution is -2.50. The van der Waals surface area contributed by atoms with Crippen LogP contribution in [0.1, 0.15) is 55.4 Å². The van der Waals surface area contributed by atoms with Crippen LogP contribution in [-0.4, -0.2) is 37.0 Å². The molecule has 0 amide bonds. The van der Waals surface area contributed by atoms with E-state index < -0.39 is 11.2 Å². The molecule has 0 radical (unpaired) electrons. The molecule has 0 aromatic rings. The Morgan fingerprint density at radius 3 is 0.938 bits per heavy atom. The van der Waals surface area contributed by atoms with Crippen LogP contribution in [0.5, 0.6) is 0 Å². The van der Waals surface area contributed by atoms with Gasteiger partial charge in [-0.2, -0.15) is 0 Å². The van der Waals surface area contributed by atoms with Gasteiger partial charge in [-0.25, -0.2) is 12.8 Å². The fourth-order valence-electron chi connectivity index (χ4n) is 2.02. The molecule has 0 N–H and O–H groups in total. The fraction of sp³-hybridized carbons (Fsp3) is 1.00. The van der Waals surface area contributed by atoms with E-state index in [4.69, 9.17) is 0 Å². The molecule has 0 saturated heterocycles. The average Bonchev–Trinajstić information content (AvgIpc) is 1.99. The number of nitrogens with zero attached hydrogens (tertiary/aromatic N) is 2. The summed E-state index contributed by atoms with van der Waals surface area (Å²) < 4.78 is 16.7. The van der Waals surface area contributed by atoms with Crippen molar-refractivity contribution in [3.05, 3.63) is 0 Å². The Hall–Kier alpha value is 0.0700. The smallest absolute Gasteiger partial charge is 0.173 e. The highest BCUT2D eigenvalue weighted by atomic mass is 32.2. The molecular formula is C12H28N2OS. The standard InChI is InChI=1S/C12H28N2OS/c1-9(2)13(10(3)4)16(15)14(11(5)6)12(7)8/h9-12H,1-8H3. The highest BCUT2D eigenvalue weighted by molar-refractivity contribution is 7.80. The molecule has 0 aromatic carbocycles. The molecule has 0 spiro atoms. The summed E-state index contributed by atoms with van der Waals surface area (Å²) in [5.74, 6) is 0. The van der Waals surface area contributed by atoms with Gasteiger partial charge in [0.15, 0.2) is 11.2 Å². The molecule has 16 heavy (non-hydrogen) atoms. The van der Waals surface area contributed by atoms with Crippen LogP contribution in [0.15, 0.2) is 0 Å². The van der Waals surface area contributed by atoms with E-state index in [1.165, 1.54) is 0 Å². The van der Waals surface area contributed by atoms with E-state index in [9.17, 15) is 4.21 Å². The van der Waals surface area contributed by atoms with Crippen molar-refractivity contribution in [2.45, 2.75) is 79.6 Å². The van der Waals surface area contributed by atoms with E-state index >= 15 is 0 Å². The molecule has 0 aliphatic heterocycles. The Bertz CT molecular complexity index is 189. The minimum atomic E-state index is -1.05. The van der Waals surface area contributed by atoms with Crippen LogP contribution >= 0.6 is 0 Å². The van der Waals surface area contributed by atoms with Gasteiger partial charge in [-0.15, -0.1) is 0 Å². The third-order valence-electron chi connectivity index (χ3n) is 2.40. The van der Waals surface area contributed by atoms with Crippen LogP contribution in [0.2, 0.25) is 0 Å². The quantitative estimate of drug-likeness (QED) is 0.709. The van der Waals surface area contributed by atoms with Gasteiger partial charge in [0, 0.05) is 24.2 Å². The first-order chi connectivity index (χ1) is 7.20. The predicted molar refractivity (Wildman–Crippen MR) is 72.4 cm³/mol. The van der Waals surface area contributed by atoms with Crippen LogP contribution in [0.3, 0.4) is 0 Å². The molecule has 0 unspecified atom stereocenters. The summed E-state index contributed by atoms with van der Waals surface area (Å²) in [6, 6.07) is 1.17. The van der Waals surface area contributed by atoms with Crippen LogP contribution < -0.4 is 0 Å². The molecule has 0 heterocycles. The van der Waals surface area contributed by atoms with Gasteiger partial charge < -0.3 is 0 Å². The molecule has 0 aliphatic carbocycles. The van der Waals surface area contributed by atoms with Gasteiger partial charge in [-0.05, 0) is 55.4 Å². The van der Waals surface area contributed by atoms with Crippen LogP contribution in [0.25, 0.3) is 0 Å². The first-order valence-corrected chi connectivity index (χ1v) is 7.25. The fourth-order valence-corrected chi connectivity index (χ4v) is 3.68. The lowest BCUT2D eigenvalue weighted by Gasteiger charge is -2.37. The van der Waals surface area contributed by atoms with Crippen molar-refractivity contribution in [1.82, 2.24) is 8.61 Å². The molecule has 0 aliphatic rings. The summed E-state index contributed by atoms with van der Waals surface area (Å²) in [4.78, 5) is 0. The lowest BCUT2D eigenvalue weighted by molar-refractivity contribution is 0.256. The second kappa shape index (κ2) is 6.72. The number of rotatable bonds is 6.